The van der Waals surface area contributed by atoms with Gasteiger partial charge < -0.3 is 11.5 Å². The quantitative estimate of drug-likeness (QED) is 0.692. The Balaban J connectivity index is 1.84. The van der Waals surface area contributed by atoms with Gasteiger partial charge in [-0.15, -0.1) is 11.3 Å². The molecule has 0 fully saturated rings. The fourth-order valence-corrected chi connectivity index (χ4v) is 4.10. The fraction of sp³-hybridized carbons (Fsp3) is 0.0909. The SMILES string of the molecule is CC1C=CC=C(c2cccc(-c3cnc(N)c4sc(C(N)=O)cc34)c2)C=C1. The van der Waals surface area contributed by atoms with Gasteiger partial charge in [-0.25, -0.2) is 4.98 Å². The molecule has 1 unspecified atom stereocenters. The highest BCUT2D eigenvalue weighted by Crippen LogP contribution is 2.37. The maximum Gasteiger partial charge on any atom is 0.258 e. The molecule has 3 aromatic rings. The molecule has 0 bridgehead atoms. The van der Waals surface area contributed by atoms with Crippen LogP contribution in [0.2, 0.25) is 0 Å². The number of nitrogen functional groups attached to an aromatic ring is 1. The normalized spacial score (nSPS) is 16.3. The molecule has 1 aromatic carbocycles. The van der Waals surface area contributed by atoms with Gasteiger partial charge in [0.25, 0.3) is 5.91 Å². The minimum atomic E-state index is -0.454. The first kappa shape index (κ1) is 17.2. The van der Waals surface area contributed by atoms with Crippen molar-refractivity contribution in [3.05, 3.63) is 77.3 Å². The number of amides is 1. The summed E-state index contributed by atoms with van der Waals surface area (Å²) in [7, 11) is 0. The standard InChI is InChI=1S/C22H19N3OS/c1-13-4-2-5-14(9-8-13)15-6-3-7-16(10-15)18-12-25-21(23)20-17(18)11-19(27-20)22(24)26/h2-13H,1H3,(H2,23,25)(H2,24,26). The number of nitrogens with zero attached hydrogens (tertiary/aromatic N) is 1. The molecule has 4 N–H and O–H groups in total. The van der Waals surface area contributed by atoms with Crippen LogP contribution in [-0.4, -0.2) is 10.9 Å². The van der Waals surface area contributed by atoms with Crippen molar-refractivity contribution in [1.29, 1.82) is 0 Å². The van der Waals surface area contributed by atoms with Gasteiger partial charge in [0.05, 0.1) is 9.58 Å². The second-order valence-electron chi connectivity index (χ2n) is 6.58. The van der Waals surface area contributed by atoms with Gasteiger partial charge in [-0.05, 0) is 34.8 Å². The highest BCUT2D eigenvalue weighted by Gasteiger charge is 2.15. The molecular weight excluding hydrogens is 354 g/mol. The van der Waals surface area contributed by atoms with E-state index in [1.807, 2.05) is 12.1 Å². The van der Waals surface area contributed by atoms with Crippen LogP contribution in [0.15, 0.2) is 66.9 Å². The molecule has 4 rings (SSSR count). The number of carbonyl (C=O) groups is 1. The molecule has 0 saturated heterocycles. The highest BCUT2D eigenvalue weighted by molar-refractivity contribution is 7.21. The molecule has 2 aromatic heterocycles. The number of aromatic nitrogens is 1. The monoisotopic (exact) mass is 373 g/mol. The van der Waals surface area contributed by atoms with E-state index in [2.05, 4.69) is 54.4 Å². The van der Waals surface area contributed by atoms with Crippen molar-refractivity contribution in [3.63, 3.8) is 0 Å². The predicted molar refractivity (Wildman–Crippen MR) is 113 cm³/mol. The van der Waals surface area contributed by atoms with Gasteiger partial charge in [0.1, 0.15) is 5.82 Å². The predicted octanol–water partition coefficient (Wildman–Crippen LogP) is 4.79. The van der Waals surface area contributed by atoms with Crippen LogP contribution in [0, 0.1) is 5.92 Å². The average molecular weight is 373 g/mol. The number of primary amides is 1. The van der Waals surface area contributed by atoms with Crippen LogP contribution >= 0.6 is 11.3 Å². The Bertz CT molecular complexity index is 1140. The summed E-state index contributed by atoms with van der Waals surface area (Å²) in [5.74, 6) is 0.377. The summed E-state index contributed by atoms with van der Waals surface area (Å²) in [6, 6.07) is 10.1. The second kappa shape index (κ2) is 6.85. The van der Waals surface area contributed by atoms with E-state index in [1.165, 1.54) is 11.3 Å². The van der Waals surface area contributed by atoms with Gasteiger partial charge in [-0.3, -0.25) is 4.79 Å². The van der Waals surface area contributed by atoms with Crippen molar-refractivity contribution in [2.45, 2.75) is 6.92 Å². The van der Waals surface area contributed by atoms with E-state index < -0.39 is 5.91 Å². The van der Waals surface area contributed by atoms with Crippen molar-refractivity contribution in [3.8, 4) is 11.1 Å². The minimum Gasteiger partial charge on any atom is -0.383 e. The van der Waals surface area contributed by atoms with Crippen molar-refractivity contribution in [2.24, 2.45) is 11.7 Å². The van der Waals surface area contributed by atoms with Gasteiger partial charge in [0.2, 0.25) is 0 Å². The molecule has 2 heterocycles. The Labute approximate surface area is 161 Å². The summed E-state index contributed by atoms with van der Waals surface area (Å²) >= 11 is 1.28. The number of rotatable bonds is 3. The van der Waals surface area contributed by atoms with E-state index in [1.54, 1.807) is 12.3 Å². The van der Waals surface area contributed by atoms with Crippen LogP contribution in [0.3, 0.4) is 0 Å². The van der Waals surface area contributed by atoms with Crippen molar-refractivity contribution in [1.82, 2.24) is 4.98 Å². The topological polar surface area (TPSA) is 82.0 Å². The highest BCUT2D eigenvalue weighted by atomic mass is 32.1. The lowest BCUT2D eigenvalue weighted by atomic mass is 9.97. The molecule has 1 amide bonds. The number of benzene rings is 1. The van der Waals surface area contributed by atoms with E-state index in [-0.39, 0.29) is 0 Å². The number of thiophene rings is 1. The van der Waals surface area contributed by atoms with Crippen molar-refractivity contribution in [2.75, 3.05) is 5.73 Å². The number of allylic oxidation sites excluding steroid dienone is 6. The molecule has 4 nitrogen and oxygen atoms in total. The van der Waals surface area contributed by atoms with Gasteiger partial charge in [0, 0.05) is 17.1 Å². The molecule has 5 heteroatoms. The molecule has 0 radical (unpaired) electrons. The maximum absolute atomic E-state index is 11.6. The molecule has 1 atom stereocenters. The number of carbonyl (C=O) groups excluding carboxylic acids is 1. The van der Waals surface area contributed by atoms with Crippen LogP contribution in [-0.2, 0) is 0 Å². The van der Waals surface area contributed by atoms with Crippen molar-refractivity contribution >= 4 is 38.7 Å². The minimum absolute atomic E-state index is 0.413. The van der Waals surface area contributed by atoms with E-state index in [0.717, 1.165) is 32.3 Å². The number of nitrogens with two attached hydrogens (primary N) is 2. The molecule has 0 spiro atoms. The van der Waals surface area contributed by atoms with E-state index in [0.29, 0.717) is 16.6 Å². The molecule has 1 aliphatic carbocycles. The summed E-state index contributed by atoms with van der Waals surface area (Å²) in [6.45, 7) is 2.16. The van der Waals surface area contributed by atoms with E-state index in [9.17, 15) is 4.79 Å². The lowest BCUT2D eigenvalue weighted by Gasteiger charge is -2.08. The zero-order valence-electron chi connectivity index (χ0n) is 14.8. The Kier molecular flexibility index (Phi) is 4.38. The Morgan fingerprint density at radius 3 is 2.81 bits per heavy atom. The third-order valence-electron chi connectivity index (χ3n) is 4.61. The van der Waals surface area contributed by atoms with Crippen LogP contribution in [0.25, 0.3) is 26.8 Å². The first-order chi connectivity index (χ1) is 13.0. The maximum atomic E-state index is 11.6. The van der Waals surface area contributed by atoms with Gasteiger partial charge in [-0.1, -0.05) is 55.5 Å². The Morgan fingerprint density at radius 2 is 2.00 bits per heavy atom. The smallest absolute Gasteiger partial charge is 0.258 e. The second-order valence-corrected chi connectivity index (χ2v) is 7.63. The van der Waals surface area contributed by atoms with Gasteiger partial charge in [-0.2, -0.15) is 0 Å². The summed E-state index contributed by atoms with van der Waals surface area (Å²) in [6.07, 6.45) is 12.5. The fourth-order valence-electron chi connectivity index (χ4n) is 3.16. The number of pyridine rings is 1. The van der Waals surface area contributed by atoms with Crippen LogP contribution in [0.1, 0.15) is 22.2 Å². The summed E-state index contributed by atoms with van der Waals surface area (Å²) in [5.41, 5.74) is 15.7. The summed E-state index contributed by atoms with van der Waals surface area (Å²) in [5, 5.41) is 0.900. The number of fused-ring (bicyclic) bond motifs is 1. The van der Waals surface area contributed by atoms with Crippen LogP contribution in [0.5, 0.6) is 0 Å². The lowest BCUT2D eigenvalue weighted by molar-refractivity contribution is 0.100. The third-order valence-corrected chi connectivity index (χ3v) is 5.78. The number of hydrogen-bond acceptors (Lipinski definition) is 4. The van der Waals surface area contributed by atoms with E-state index in [4.69, 9.17) is 11.5 Å². The largest absolute Gasteiger partial charge is 0.383 e. The summed E-state index contributed by atoms with van der Waals surface area (Å²) in [4.78, 5) is 16.4. The first-order valence-corrected chi connectivity index (χ1v) is 9.50. The zero-order chi connectivity index (χ0) is 19.0. The van der Waals surface area contributed by atoms with Gasteiger partial charge >= 0.3 is 0 Å². The Morgan fingerprint density at radius 1 is 1.19 bits per heavy atom. The molecule has 134 valence electrons. The molecule has 0 saturated carbocycles. The van der Waals surface area contributed by atoms with Crippen molar-refractivity contribution < 1.29 is 4.79 Å². The van der Waals surface area contributed by atoms with Gasteiger partial charge in [0.15, 0.2) is 0 Å². The molecular formula is C22H19N3OS. The number of anilines is 1. The summed E-state index contributed by atoms with van der Waals surface area (Å²) < 4.78 is 0.789. The van der Waals surface area contributed by atoms with Crippen LogP contribution < -0.4 is 11.5 Å². The molecule has 0 aliphatic heterocycles. The zero-order valence-corrected chi connectivity index (χ0v) is 15.7. The molecule has 1 aliphatic rings. The first-order valence-electron chi connectivity index (χ1n) is 8.68. The number of hydrogen-bond donors (Lipinski definition) is 2. The Hall–Kier alpha value is -3.18. The average Bonchev–Trinajstić information content (AvgIpc) is 3.00. The lowest BCUT2D eigenvalue weighted by Crippen LogP contribution is -2.08. The van der Waals surface area contributed by atoms with Crippen LogP contribution in [0.4, 0.5) is 5.82 Å². The molecule has 27 heavy (non-hydrogen) atoms. The van der Waals surface area contributed by atoms with E-state index >= 15 is 0 Å². The third kappa shape index (κ3) is 3.29.